The molecule has 1 aromatic carbocycles. The van der Waals surface area contributed by atoms with Gasteiger partial charge in [-0.15, -0.1) is 16.4 Å². The highest BCUT2D eigenvalue weighted by Crippen LogP contribution is 2.34. The van der Waals surface area contributed by atoms with Gasteiger partial charge in [-0.2, -0.15) is 4.98 Å². The van der Waals surface area contributed by atoms with Crippen molar-refractivity contribution >= 4 is 33.1 Å². The summed E-state index contributed by atoms with van der Waals surface area (Å²) < 4.78 is 1.81. The molecule has 0 spiro atoms. The topological polar surface area (TPSA) is 72.0 Å². The summed E-state index contributed by atoms with van der Waals surface area (Å²) in [5, 5.41) is 7.51. The molecule has 0 saturated heterocycles. The summed E-state index contributed by atoms with van der Waals surface area (Å²) in [6.45, 7) is 2.07. The zero-order valence-electron chi connectivity index (χ0n) is 10.2. The van der Waals surface area contributed by atoms with Gasteiger partial charge in [0.2, 0.25) is 10.9 Å². The molecule has 0 saturated carbocycles. The maximum Gasteiger partial charge on any atom is 0.241 e. The average molecular weight is 269 g/mol. The Hall–Kier alpha value is -2.34. The number of nitrogen functional groups attached to an aromatic ring is 1. The minimum absolute atomic E-state index is 0.311. The van der Waals surface area contributed by atoms with Crippen molar-refractivity contribution in [2.24, 2.45) is 0 Å². The smallest absolute Gasteiger partial charge is 0.241 e. The van der Waals surface area contributed by atoms with Crippen LogP contribution in [-0.2, 0) is 0 Å². The number of aromatic amines is 1. The van der Waals surface area contributed by atoms with E-state index in [0.717, 1.165) is 27.4 Å². The Balaban J connectivity index is 2.11. The molecule has 0 amide bonds. The van der Waals surface area contributed by atoms with Gasteiger partial charge in [0.25, 0.3) is 0 Å². The fourth-order valence-electron chi connectivity index (χ4n) is 2.48. The Labute approximate surface area is 112 Å². The maximum absolute atomic E-state index is 5.66. The molecule has 3 N–H and O–H groups in total. The lowest BCUT2D eigenvalue weighted by atomic mass is 10.1. The average Bonchev–Trinajstić information content (AvgIpc) is 3.01. The molecule has 0 aliphatic rings. The maximum atomic E-state index is 5.66. The first kappa shape index (κ1) is 10.6. The van der Waals surface area contributed by atoms with Crippen molar-refractivity contribution in [3.63, 3.8) is 0 Å². The third-order valence-electron chi connectivity index (χ3n) is 3.25. The minimum atomic E-state index is 0.311. The Morgan fingerprint density at radius 3 is 3.05 bits per heavy atom. The van der Waals surface area contributed by atoms with Crippen LogP contribution >= 0.6 is 11.3 Å². The van der Waals surface area contributed by atoms with Crippen molar-refractivity contribution in [1.82, 2.24) is 19.6 Å². The number of nitrogens with one attached hydrogen (secondary N) is 1. The first-order valence-corrected chi connectivity index (χ1v) is 6.79. The number of nitrogens with zero attached hydrogens (tertiary/aromatic N) is 3. The predicted molar refractivity (Wildman–Crippen MR) is 77.3 cm³/mol. The van der Waals surface area contributed by atoms with Gasteiger partial charge in [-0.1, -0.05) is 18.2 Å². The lowest BCUT2D eigenvalue weighted by molar-refractivity contribution is 0.991. The van der Waals surface area contributed by atoms with E-state index in [4.69, 9.17) is 5.73 Å². The van der Waals surface area contributed by atoms with E-state index in [1.807, 2.05) is 16.6 Å². The third kappa shape index (κ3) is 1.40. The van der Waals surface area contributed by atoms with E-state index in [1.54, 1.807) is 11.3 Å². The SMILES string of the molecule is Cc1[nH]c2ccccc2c1-c1csc2nc(N)nn12. The van der Waals surface area contributed by atoms with Gasteiger partial charge in [0.1, 0.15) is 0 Å². The standard InChI is InChI=1S/C13H11N5S/c1-7-11(8-4-2-3-5-9(8)15-7)10-6-19-13-16-12(14)17-18(10)13/h2-6,15H,1H3,(H2,14,17). The molecule has 3 aromatic heterocycles. The van der Waals surface area contributed by atoms with Crippen molar-refractivity contribution < 1.29 is 0 Å². The quantitative estimate of drug-likeness (QED) is 0.558. The molecule has 0 atom stereocenters. The van der Waals surface area contributed by atoms with Crippen molar-refractivity contribution in [2.75, 3.05) is 5.73 Å². The van der Waals surface area contributed by atoms with E-state index >= 15 is 0 Å². The predicted octanol–water partition coefficient (Wildman–Crippen LogP) is 2.83. The lowest BCUT2D eigenvalue weighted by Crippen LogP contribution is -1.91. The second kappa shape index (κ2) is 3.58. The fraction of sp³-hybridized carbons (Fsp3) is 0.0769. The fourth-order valence-corrected chi connectivity index (χ4v) is 3.30. The zero-order valence-corrected chi connectivity index (χ0v) is 11.0. The summed E-state index contributed by atoms with van der Waals surface area (Å²) in [5.74, 6) is 0.311. The number of para-hydroxylation sites is 1. The highest BCUT2D eigenvalue weighted by atomic mass is 32.1. The van der Waals surface area contributed by atoms with Crippen LogP contribution in [0.2, 0.25) is 0 Å². The monoisotopic (exact) mass is 269 g/mol. The number of fused-ring (bicyclic) bond motifs is 2. The van der Waals surface area contributed by atoms with Crippen molar-refractivity contribution in [3.05, 3.63) is 35.3 Å². The largest absolute Gasteiger partial charge is 0.366 e. The van der Waals surface area contributed by atoms with E-state index in [-0.39, 0.29) is 0 Å². The van der Waals surface area contributed by atoms with E-state index < -0.39 is 0 Å². The molecule has 4 aromatic rings. The van der Waals surface area contributed by atoms with Crippen LogP contribution in [0.1, 0.15) is 5.69 Å². The third-order valence-corrected chi connectivity index (χ3v) is 4.06. The van der Waals surface area contributed by atoms with E-state index in [1.165, 1.54) is 5.39 Å². The van der Waals surface area contributed by atoms with Crippen LogP contribution in [0.3, 0.4) is 0 Å². The van der Waals surface area contributed by atoms with Gasteiger partial charge in [0.15, 0.2) is 0 Å². The van der Waals surface area contributed by atoms with Gasteiger partial charge in [-0.3, -0.25) is 0 Å². The van der Waals surface area contributed by atoms with Crippen molar-refractivity contribution in [1.29, 1.82) is 0 Å². The first-order valence-electron chi connectivity index (χ1n) is 5.91. The summed E-state index contributed by atoms with van der Waals surface area (Å²) >= 11 is 1.55. The minimum Gasteiger partial charge on any atom is -0.366 e. The number of H-pyrrole nitrogens is 1. The second-order valence-corrected chi connectivity index (χ2v) is 5.29. The summed E-state index contributed by atoms with van der Waals surface area (Å²) in [6.07, 6.45) is 0. The Kier molecular flexibility index (Phi) is 1.99. The zero-order chi connectivity index (χ0) is 13.0. The molecule has 0 unspecified atom stereocenters. The molecular weight excluding hydrogens is 258 g/mol. The molecular formula is C13H11N5S. The van der Waals surface area contributed by atoms with Crippen molar-refractivity contribution in [2.45, 2.75) is 6.92 Å². The van der Waals surface area contributed by atoms with Crippen LogP contribution in [0.4, 0.5) is 5.95 Å². The molecule has 0 aliphatic heterocycles. The normalized spacial score (nSPS) is 11.6. The molecule has 6 heteroatoms. The number of anilines is 1. The van der Waals surface area contributed by atoms with Gasteiger partial charge in [0.05, 0.1) is 5.69 Å². The number of hydrogen-bond donors (Lipinski definition) is 2. The summed E-state index contributed by atoms with van der Waals surface area (Å²) in [5.41, 5.74) is 10.1. The summed E-state index contributed by atoms with van der Waals surface area (Å²) in [7, 11) is 0. The number of thiazole rings is 1. The molecule has 19 heavy (non-hydrogen) atoms. The highest BCUT2D eigenvalue weighted by Gasteiger charge is 2.16. The van der Waals surface area contributed by atoms with Crippen LogP contribution < -0.4 is 5.73 Å². The Morgan fingerprint density at radius 2 is 2.16 bits per heavy atom. The molecule has 0 radical (unpaired) electrons. The van der Waals surface area contributed by atoms with E-state index in [0.29, 0.717) is 5.95 Å². The lowest BCUT2D eigenvalue weighted by Gasteiger charge is -1.98. The van der Waals surface area contributed by atoms with E-state index in [9.17, 15) is 0 Å². The van der Waals surface area contributed by atoms with Crippen LogP contribution in [-0.4, -0.2) is 19.6 Å². The van der Waals surface area contributed by atoms with E-state index in [2.05, 4.69) is 39.5 Å². The molecule has 3 heterocycles. The number of aromatic nitrogens is 4. The first-order chi connectivity index (χ1) is 9.24. The number of rotatable bonds is 1. The van der Waals surface area contributed by atoms with Crippen LogP contribution in [0.15, 0.2) is 29.6 Å². The summed E-state index contributed by atoms with van der Waals surface area (Å²) in [6, 6.07) is 8.25. The van der Waals surface area contributed by atoms with Gasteiger partial charge in [-0.05, 0) is 13.0 Å². The Morgan fingerprint density at radius 1 is 1.32 bits per heavy atom. The molecule has 5 nitrogen and oxygen atoms in total. The molecule has 0 bridgehead atoms. The van der Waals surface area contributed by atoms with Gasteiger partial charge in [-0.25, -0.2) is 4.52 Å². The number of aryl methyl sites for hydroxylation is 1. The molecule has 94 valence electrons. The highest BCUT2D eigenvalue weighted by molar-refractivity contribution is 7.15. The van der Waals surface area contributed by atoms with Crippen LogP contribution in [0.5, 0.6) is 0 Å². The Bertz CT molecular complexity index is 898. The van der Waals surface area contributed by atoms with Crippen molar-refractivity contribution in [3.8, 4) is 11.3 Å². The number of benzene rings is 1. The van der Waals surface area contributed by atoms with Gasteiger partial charge >= 0.3 is 0 Å². The van der Waals surface area contributed by atoms with Gasteiger partial charge in [0, 0.05) is 27.5 Å². The molecule has 4 rings (SSSR count). The van der Waals surface area contributed by atoms with Crippen LogP contribution in [0, 0.1) is 6.92 Å². The van der Waals surface area contributed by atoms with Gasteiger partial charge < -0.3 is 10.7 Å². The molecule has 0 aliphatic carbocycles. The second-order valence-electron chi connectivity index (χ2n) is 4.46. The number of nitrogens with two attached hydrogens (primary N) is 1. The van der Waals surface area contributed by atoms with Crippen LogP contribution in [0.25, 0.3) is 27.1 Å². The number of hydrogen-bond acceptors (Lipinski definition) is 4. The summed E-state index contributed by atoms with van der Waals surface area (Å²) in [4.78, 5) is 8.41. The molecule has 0 fully saturated rings.